The zero-order valence-electron chi connectivity index (χ0n) is 12.2. The van der Waals surface area contributed by atoms with Crippen molar-refractivity contribution in [3.05, 3.63) is 47.3 Å². The number of hydrogen-bond donors (Lipinski definition) is 1. The summed E-state index contributed by atoms with van der Waals surface area (Å²) in [5.74, 6) is 0.658. The Labute approximate surface area is 118 Å². The van der Waals surface area contributed by atoms with Gasteiger partial charge in [-0.1, -0.05) is 18.2 Å². The lowest BCUT2D eigenvalue weighted by Gasteiger charge is -2.25. The smallest absolute Gasteiger partial charge is 0.274 e. The summed E-state index contributed by atoms with van der Waals surface area (Å²) in [6.07, 6.45) is 0. The largest absolute Gasteiger partial charge is 0.496 e. The van der Waals surface area contributed by atoms with Crippen LogP contribution < -0.4 is 4.74 Å². The van der Waals surface area contributed by atoms with E-state index in [9.17, 15) is 4.79 Å². The molecule has 1 aromatic carbocycles. The number of nitrogens with zero attached hydrogens (tertiary/aromatic N) is 2. The second kappa shape index (κ2) is 5.77. The molecule has 1 heterocycles. The highest BCUT2D eigenvalue weighted by atomic mass is 16.5. The number of rotatable bonds is 4. The van der Waals surface area contributed by atoms with Gasteiger partial charge in [0.25, 0.3) is 5.91 Å². The van der Waals surface area contributed by atoms with Crippen molar-refractivity contribution in [2.24, 2.45) is 0 Å². The minimum absolute atomic E-state index is 0.101. The number of hydrogen-bond acceptors (Lipinski definition) is 3. The maximum absolute atomic E-state index is 12.4. The second-order valence-corrected chi connectivity index (χ2v) is 4.77. The van der Waals surface area contributed by atoms with Gasteiger partial charge in [-0.15, -0.1) is 0 Å². The fraction of sp³-hybridized carbons (Fsp3) is 0.333. The van der Waals surface area contributed by atoms with Gasteiger partial charge in [0, 0.05) is 18.3 Å². The van der Waals surface area contributed by atoms with E-state index in [0.29, 0.717) is 5.69 Å². The van der Waals surface area contributed by atoms with Crippen LogP contribution >= 0.6 is 0 Å². The van der Waals surface area contributed by atoms with Crippen molar-refractivity contribution >= 4 is 5.91 Å². The van der Waals surface area contributed by atoms with Crippen LogP contribution in [0.5, 0.6) is 5.75 Å². The zero-order chi connectivity index (χ0) is 14.7. The second-order valence-electron chi connectivity index (χ2n) is 4.77. The van der Waals surface area contributed by atoms with Crippen molar-refractivity contribution in [2.75, 3.05) is 14.2 Å². The first-order valence-electron chi connectivity index (χ1n) is 6.46. The molecule has 2 aromatic rings. The van der Waals surface area contributed by atoms with E-state index in [4.69, 9.17) is 4.74 Å². The van der Waals surface area contributed by atoms with Crippen molar-refractivity contribution in [3.8, 4) is 5.75 Å². The first kappa shape index (κ1) is 14.1. The van der Waals surface area contributed by atoms with Crippen molar-refractivity contribution < 1.29 is 9.53 Å². The van der Waals surface area contributed by atoms with E-state index in [-0.39, 0.29) is 11.9 Å². The summed E-state index contributed by atoms with van der Waals surface area (Å²) in [6.45, 7) is 3.84. The molecular weight excluding hydrogens is 254 g/mol. The molecule has 0 spiro atoms. The molecule has 1 N–H and O–H groups in total. The van der Waals surface area contributed by atoms with Crippen LogP contribution in [0.2, 0.25) is 0 Å². The van der Waals surface area contributed by atoms with Gasteiger partial charge >= 0.3 is 0 Å². The number of H-pyrrole nitrogens is 1. The zero-order valence-corrected chi connectivity index (χ0v) is 12.2. The molecule has 1 atom stereocenters. The standard InChI is InChI=1S/C15H19N3O2/c1-10-9-13(17-16-10)15(19)18(3)11(2)12-7-5-6-8-14(12)20-4/h5-9,11H,1-4H3,(H,16,17)/t11-/m0/s1. The van der Waals surface area contributed by atoms with Crippen molar-refractivity contribution in [1.29, 1.82) is 0 Å². The van der Waals surface area contributed by atoms with Crippen LogP contribution in [0.1, 0.15) is 34.7 Å². The van der Waals surface area contributed by atoms with E-state index in [2.05, 4.69) is 10.2 Å². The highest BCUT2D eigenvalue weighted by Crippen LogP contribution is 2.28. The number of carbonyl (C=O) groups is 1. The average molecular weight is 273 g/mol. The molecule has 0 fully saturated rings. The molecular formula is C15H19N3O2. The predicted molar refractivity (Wildman–Crippen MR) is 76.8 cm³/mol. The van der Waals surface area contributed by atoms with E-state index in [1.807, 2.05) is 38.1 Å². The summed E-state index contributed by atoms with van der Waals surface area (Å²) in [6, 6.07) is 9.34. The first-order chi connectivity index (χ1) is 9.54. The van der Waals surface area contributed by atoms with Gasteiger partial charge in [-0.05, 0) is 26.0 Å². The van der Waals surface area contributed by atoms with Crippen molar-refractivity contribution in [3.63, 3.8) is 0 Å². The van der Waals surface area contributed by atoms with E-state index < -0.39 is 0 Å². The Morgan fingerprint density at radius 2 is 2.10 bits per heavy atom. The topological polar surface area (TPSA) is 58.2 Å². The van der Waals surface area contributed by atoms with E-state index >= 15 is 0 Å². The summed E-state index contributed by atoms with van der Waals surface area (Å²) >= 11 is 0. The van der Waals surface area contributed by atoms with Gasteiger partial charge in [0.1, 0.15) is 11.4 Å². The van der Waals surface area contributed by atoms with Crippen LogP contribution in [0, 0.1) is 6.92 Å². The number of para-hydroxylation sites is 1. The number of amides is 1. The number of nitrogens with one attached hydrogen (secondary N) is 1. The van der Waals surface area contributed by atoms with Crippen LogP contribution in [0.3, 0.4) is 0 Å². The number of aromatic nitrogens is 2. The molecule has 1 aromatic heterocycles. The molecule has 0 aliphatic heterocycles. The molecule has 0 saturated heterocycles. The highest BCUT2D eigenvalue weighted by molar-refractivity contribution is 5.92. The van der Waals surface area contributed by atoms with Crippen LogP contribution in [0.4, 0.5) is 0 Å². The lowest BCUT2D eigenvalue weighted by Crippen LogP contribution is -2.30. The molecule has 0 saturated carbocycles. The molecule has 0 aliphatic rings. The summed E-state index contributed by atoms with van der Waals surface area (Å²) in [5.41, 5.74) is 2.26. The Kier molecular flexibility index (Phi) is 4.08. The van der Waals surface area contributed by atoms with Gasteiger partial charge in [0.05, 0.1) is 13.2 Å². The van der Waals surface area contributed by atoms with E-state index in [1.165, 1.54) is 0 Å². The number of aromatic amines is 1. The lowest BCUT2D eigenvalue weighted by molar-refractivity contribution is 0.0735. The van der Waals surface area contributed by atoms with E-state index in [0.717, 1.165) is 17.0 Å². The van der Waals surface area contributed by atoms with Crippen LogP contribution in [-0.2, 0) is 0 Å². The Morgan fingerprint density at radius 1 is 1.40 bits per heavy atom. The fourth-order valence-corrected chi connectivity index (χ4v) is 2.10. The molecule has 0 unspecified atom stereocenters. The molecule has 5 heteroatoms. The Hall–Kier alpha value is -2.30. The molecule has 1 amide bonds. The first-order valence-corrected chi connectivity index (χ1v) is 6.46. The fourth-order valence-electron chi connectivity index (χ4n) is 2.10. The number of carbonyl (C=O) groups excluding carboxylic acids is 1. The Balaban J connectivity index is 2.24. The van der Waals surface area contributed by atoms with Crippen molar-refractivity contribution in [1.82, 2.24) is 15.1 Å². The number of methoxy groups -OCH3 is 1. The average Bonchev–Trinajstić information content (AvgIpc) is 2.91. The van der Waals surface area contributed by atoms with Gasteiger partial charge in [0.15, 0.2) is 0 Å². The van der Waals surface area contributed by atoms with Gasteiger partial charge in [-0.25, -0.2) is 0 Å². The summed E-state index contributed by atoms with van der Waals surface area (Å²) < 4.78 is 5.35. The summed E-state index contributed by atoms with van der Waals surface area (Å²) in [5, 5.41) is 6.79. The third-order valence-corrected chi connectivity index (χ3v) is 3.42. The Bertz CT molecular complexity index is 607. The maximum Gasteiger partial charge on any atom is 0.274 e. The van der Waals surface area contributed by atoms with E-state index in [1.54, 1.807) is 25.1 Å². The van der Waals surface area contributed by atoms with Gasteiger partial charge in [-0.2, -0.15) is 5.10 Å². The number of aryl methyl sites for hydroxylation is 1. The van der Waals surface area contributed by atoms with Gasteiger partial charge in [0.2, 0.25) is 0 Å². The van der Waals surface area contributed by atoms with Gasteiger partial charge in [-0.3, -0.25) is 9.89 Å². The molecule has 20 heavy (non-hydrogen) atoms. The lowest BCUT2D eigenvalue weighted by atomic mass is 10.1. The molecule has 5 nitrogen and oxygen atoms in total. The van der Waals surface area contributed by atoms with Crippen LogP contribution in [-0.4, -0.2) is 35.2 Å². The van der Waals surface area contributed by atoms with Crippen LogP contribution in [0.25, 0.3) is 0 Å². The minimum Gasteiger partial charge on any atom is -0.496 e. The molecule has 0 aliphatic carbocycles. The summed E-state index contributed by atoms with van der Waals surface area (Å²) in [7, 11) is 3.40. The molecule has 2 rings (SSSR count). The molecule has 0 bridgehead atoms. The molecule has 106 valence electrons. The van der Waals surface area contributed by atoms with Gasteiger partial charge < -0.3 is 9.64 Å². The highest BCUT2D eigenvalue weighted by Gasteiger charge is 2.22. The normalized spacial score (nSPS) is 12.0. The number of benzene rings is 1. The monoisotopic (exact) mass is 273 g/mol. The molecule has 0 radical (unpaired) electrons. The maximum atomic E-state index is 12.4. The third-order valence-electron chi connectivity index (χ3n) is 3.42. The SMILES string of the molecule is COc1ccccc1[C@H](C)N(C)C(=O)c1cc(C)[nH]n1. The quantitative estimate of drug-likeness (QED) is 0.931. The Morgan fingerprint density at radius 3 is 2.70 bits per heavy atom. The van der Waals surface area contributed by atoms with Crippen LogP contribution in [0.15, 0.2) is 30.3 Å². The van der Waals surface area contributed by atoms with Crippen molar-refractivity contribution in [2.45, 2.75) is 19.9 Å². The predicted octanol–water partition coefficient (Wildman–Crippen LogP) is 2.56. The summed E-state index contributed by atoms with van der Waals surface area (Å²) in [4.78, 5) is 14.0. The number of ether oxygens (including phenoxy) is 1. The minimum atomic E-state index is -0.118. The third kappa shape index (κ3) is 2.66.